The van der Waals surface area contributed by atoms with Crippen LogP contribution in [-0.2, 0) is 9.59 Å². The highest BCUT2D eigenvalue weighted by molar-refractivity contribution is 6.03. The number of rotatable bonds is 6. The molecule has 0 aromatic rings. The van der Waals surface area contributed by atoms with Crippen LogP contribution in [0.15, 0.2) is 0 Å². The molecule has 1 fully saturated rings. The van der Waals surface area contributed by atoms with Gasteiger partial charge in [-0.3, -0.25) is 14.5 Å². The molecule has 3 heteroatoms. The lowest BCUT2D eigenvalue weighted by Crippen LogP contribution is -2.31. The van der Waals surface area contributed by atoms with Crippen molar-refractivity contribution in [3.63, 3.8) is 0 Å². The van der Waals surface area contributed by atoms with Crippen LogP contribution in [0.1, 0.15) is 52.4 Å². The summed E-state index contributed by atoms with van der Waals surface area (Å²) in [6, 6.07) is 0. The molecule has 1 aliphatic heterocycles. The van der Waals surface area contributed by atoms with Crippen molar-refractivity contribution in [1.82, 2.24) is 4.90 Å². The van der Waals surface area contributed by atoms with Gasteiger partial charge in [0.1, 0.15) is 0 Å². The Kier molecular flexibility index (Phi) is 4.79. The average Bonchev–Trinajstić information content (AvgIpc) is 2.44. The van der Waals surface area contributed by atoms with Gasteiger partial charge in [-0.1, -0.05) is 39.5 Å². The number of hydrogen-bond donors (Lipinski definition) is 0. The Morgan fingerprint density at radius 2 is 1.87 bits per heavy atom. The summed E-state index contributed by atoms with van der Waals surface area (Å²) in [4.78, 5) is 24.4. The minimum absolute atomic E-state index is 0.0167. The minimum atomic E-state index is -0.0897. The molecule has 0 aromatic carbocycles. The molecule has 0 aromatic heterocycles. The zero-order valence-corrected chi connectivity index (χ0v) is 9.79. The molecule has 15 heavy (non-hydrogen) atoms. The van der Waals surface area contributed by atoms with E-state index in [0.717, 1.165) is 12.8 Å². The number of nitrogens with zero attached hydrogens (tertiary/aromatic N) is 1. The molecule has 0 spiro atoms. The van der Waals surface area contributed by atoms with Crippen molar-refractivity contribution in [2.24, 2.45) is 5.92 Å². The Morgan fingerprint density at radius 1 is 1.20 bits per heavy atom. The second kappa shape index (κ2) is 5.89. The zero-order valence-electron chi connectivity index (χ0n) is 9.79. The molecule has 1 rings (SSSR count). The second-order valence-electron chi connectivity index (χ2n) is 4.40. The molecule has 0 saturated carbocycles. The lowest BCUT2D eigenvalue weighted by atomic mass is 10.1. The van der Waals surface area contributed by atoms with Crippen molar-refractivity contribution < 1.29 is 9.59 Å². The van der Waals surface area contributed by atoms with Gasteiger partial charge in [0.05, 0.1) is 0 Å². The van der Waals surface area contributed by atoms with Crippen LogP contribution in [-0.4, -0.2) is 23.3 Å². The van der Waals surface area contributed by atoms with Gasteiger partial charge in [-0.05, 0) is 6.42 Å². The largest absolute Gasteiger partial charge is 0.282 e. The number of amides is 2. The first kappa shape index (κ1) is 12.2. The number of unbranched alkanes of at least 4 members (excludes halogenated alkanes) is 4. The first-order valence-electron chi connectivity index (χ1n) is 6.01. The van der Waals surface area contributed by atoms with E-state index in [-0.39, 0.29) is 17.7 Å². The van der Waals surface area contributed by atoms with E-state index in [9.17, 15) is 9.59 Å². The summed E-state index contributed by atoms with van der Waals surface area (Å²) in [6.45, 7) is 4.64. The van der Waals surface area contributed by atoms with Crippen LogP contribution in [0.5, 0.6) is 0 Å². The molecule has 1 atom stereocenters. The molecular formula is C12H21NO2. The number of carbonyl (C=O) groups excluding carboxylic acids is 2. The molecule has 0 aliphatic carbocycles. The van der Waals surface area contributed by atoms with Gasteiger partial charge in [0.15, 0.2) is 0 Å². The Morgan fingerprint density at radius 3 is 2.40 bits per heavy atom. The van der Waals surface area contributed by atoms with E-state index in [2.05, 4.69) is 6.92 Å². The van der Waals surface area contributed by atoms with Crippen molar-refractivity contribution in [3.05, 3.63) is 0 Å². The van der Waals surface area contributed by atoms with Crippen molar-refractivity contribution in [2.45, 2.75) is 52.4 Å². The molecule has 1 heterocycles. The Balaban J connectivity index is 2.21. The highest BCUT2D eigenvalue weighted by Gasteiger charge is 2.34. The van der Waals surface area contributed by atoms with Crippen LogP contribution in [0, 0.1) is 5.92 Å². The normalized spacial score (nSPS) is 21.5. The molecule has 0 bridgehead atoms. The topological polar surface area (TPSA) is 37.4 Å². The summed E-state index contributed by atoms with van der Waals surface area (Å²) in [5.74, 6) is -0.0494. The van der Waals surface area contributed by atoms with Gasteiger partial charge in [0.25, 0.3) is 0 Å². The Bertz CT molecular complexity index is 238. The molecule has 1 saturated heterocycles. The van der Waals surface area contributed by atoms with Crippen LogP contribution in [0.3, 0.4) is 0 Å². The number of hydrogen-bond acceptors (Lipinski definition) is 2. The van der Waals surface area contributed by atoms with Crippen molar-refractivity contribution in [2.75, 3.05) is 6.54 Å². The van der Waals surface area contributed by atoms with Crippen molar-refractivity contribution in [3.8, 4) is 0 Å². The lowest BCUT2D eigenvalue weighted by molar-refractivity contribution is -0.139. The third kappa shape index (κ3) is 3.33. The maximum Gasteiger partial charge on any atom is 0.232 e. The van der Waals surface area contributed by atoms with Crippen LogP contribution < -0.4 is 0 Å². The zero-order chi connectivity index (χ0) is 11.3. The molecule has 86 valence electrons. The quantitative estimate of drug-likeness (QED) is 0.499. The fraction of sp³-hybridized carbons (Fsp3) is 0.833. The lowest BCUT2D eigenvalue weighted by Gasteiger charge is -2.13. The molecule has 2 amide bonds. The van der Waals surface area contributed by atoms with E-state index in [0.29, 0.717) is 13.0 Å². The highest BCUT2D eigenvalue weighted by atomic mass is 16.2. The second-order valence-corrected chi connectivity index (χ2v) is 4.40. The molecule has 3 nitrogen and oxygen atoms in total. The monoisotopic (exact) mass is 211 g/mol. The summed E-state index contributed by atoms with van der Waals surface area (Å²) in [6.07, 6.45) is 6.18. The summed E-state index contributed by atoms with van der Waals surface area (Å²) < 4.78 is 0. The van der Waals surface area contributed by atoms with E-state index in [4.69, 9.17) is 0 Å². The molecular weight excluding hydrogens is 190 g/mol. The minimum Gasteiger partial charge on any atom is -0.282 e. The Labute approximate surface area is 91.8 Å². The summed E-state index contributed by atoms with van der Waals surface area (Å²) in [7, 11) is 0. The molecule has 1 aliphatic rings. The summed E-state index contributed by atoms with van der Waals surface area (Å²) >= 11 is 0. The third-order valence-corrected chi connectivity index (χ3v) is 2.95. The molecule has 0 N–H and O–H groups in total. The van der Waals surface area contributed by atoms with Crippen LogP contribution >= 0.6 is 0 Å². The van der Waals surface area contributed by atoms with E-state index in [1.807, 2.05) is 6.92 Å². The number of carbonyl (C=O) groups is 2. The number of likely N-dealkylation sites (tertiary alicyclic amines) is 1. The van der Waals surface area contributed by atoms with Crippen LogP contribution in [0.2, 0.25) is 0 Å². The van der Waals surface area contributed by atoms with E-state index in [1.165, 1.54) is 24.2 Å². The maximum atomic E-state index is 11.5. The third-order valence-electron chi connectivity index (χ3n) is 2.95. The van der Waals surface area contributed by atoms with Gasteiger partial charge >= 0.3 is 0 Å². The fourth-order valence-corrected chi connectivity index (χ4v) is 1.96. The summed E-state index contributed by atoms with van der Waals surface area (Å²) in [5.41, 5.74) is 0. The van der Waals surface area contributed by atoms with Gasteiger partial charge in [-0.25, -0.2) is 0 Å². The first-order valence-corrected chi connectivity index (χ1v) is 6.01. The molecule has 1 unspecified atom stereocenters. The van der Waals surface area contributed by atoms with Gasteiger partial charge in [-0.15, -0.1) is 0 Å². The first-order chi connectivity index (χ1) is 7.16. The van der Waals surface area contributed by atoms with E-state index < -0.39 is 0 Å². The Hall–Kier alpha value is -0.860. The van der Waals surface area contributed by atoms with Gasteiger partial charge < -0.3 is 0 Å². The van der Waals surface area contributed by atoms with Gasteiger partial charge in [0, 0.05) is 18.9 Å². The average molecular weight is 211 g/mol. The predicted molar refractivity (Wildman–Crippen MR) is 59.3 cm³/mol. The number of imide groups is 1. The van der Waals surface area contributed by atoms with Gasteiger partial charge in [-0.2, -0.15) is 0 Å². The van der Waals surface area contributed by atoms with E-state index >= 15 is 0 Å². The summed E-state index contributed by atoms with van der Waals surface area (Å²) in [5, 5.41) is 0. The van der Waals surface area contributed by atoms with Crippen LogP contribution in [0.4, 0.5) is 0 Å². The maximum absolute atomic E-state index is 11.5. The molecule has 0 radical (unpaired) electrons. The highest BCUT2D eigenvalue weighted by Crippen LogP contribution is 2.19. The fourth-order valence-electron chi connectivity index (χ4n) is 1.96. The van der Waals surface area contributed by atoms with Gasteiger partial charge in [0.2, 0.25) is 11.8 Å². The smallest absolute Gasteiger partial charge is 0.232 e. The predicted octanol–water partition coefficient (Wildman–Crippen LogP) is 2.35. The standard InChI is InChI=1S/C12H21NO2/c1-3-4-5-6-7-8-13-11(14)9-10(2)12(13)15/h10H,3-9H2,1-2H3. The van der Waals surface area contributed by atoms with Crippen molar-refractivity contribution >= 4 is 11.8 Å². The van der Waals surface area contributed by atoms with E-state index in [1.54, 1.807) is 0 Å². The van der Waals surface area contributed by atoms with Crippen molar-refractivity contribution in [1.29, 1.82) is 0 Å². The van der Waals surface area contributed by atoms with Crippen LogP contribution in [0.25, 0.3) is 0 Å². The SMILES string of the molecule is CCCCCCCN1C(=O)CC(C)C1=O.